The lowest BCUT2D eigenvalue weighted by atomic mass is 9.75. The number of rotatable bonds is 3. The number of hydrogen-bond donors (Lipinski definition) is 1. The van der Waals surface area contributed by atoms with E-state index >= 15 is 0 Å². The average Bonchev–Trinajstić information content (AvgIpc) is 2.40. The third kappa shape index (κ3) is 3.54. The van der Waals surface area contributed by atoms with Gasteiger partial charge in [-0.05, 0) is 49.4 Å². The van der Waals surface area contributed by atoms with Crippen molar-refractivity contribution in [3.8, 4) is 0 Å². The molecule has 1 aromatic rings. The van der Waals surface area contributed by atoms with Crippen molar-refractivity contribution in [2.45, 2.75) is 39.7 Å². The molecule has 19 heavy (non-hydrogen) atoms. The predicted octanol–water partition coefficient (Wildman–Crippen LogP) is 2.84. The Balaban J connectivity index is 2.00. The molecule has 0 saturated carbocycles. The summed E-state index contributed by atoms with van der Waals surface area (Å²) >= 11 is 0. The highest BCUT2D eigenvalue weighted by atomic mass is 15.2. The fourth-order valence-corrected chi connectivity index (χ4v) is 3.11. The van der Waals surface area contributed by atoms with E-state index in [2.05, 4.69) is 36.7 Å². The third-order valence-corrected chi connectivity index (χ3v) is 4.45. The molecular weight excluding hydrogens is 234 g/mol. The molecule has 1 atom stereocenters. The van der Waals surface area contributed by atoms with Crippen molar-refractivity contribution in [3.05, 3.63) is 30.1 Å². The minimum Gasteiger partial charge on any atom is -0.329 e. The molecule has 3 heteroatoms. The van der Waals surface area contributed by atoms with Gasteiger partial charge in [0.25, 0.3) is 0 Å². The van der Waals surface area contributed by atoms with Crippen LogP contribution >= 0.6 is 0 Å². The van der Waals surface area contributed by atoms with Crippen LogP contribution in [0.5, 0.6) is 0 Å². The number of hydrogen-bond acceptors (Lipinski definition) is 3. The normalized spacial score (nSPS) is 20.4. The number of piperidine rings is 1. The summed E-state index contributed by atoms with van der Waals surface area (Å²) in [7, 11) is 0. The number of pyridine rings is 1. The van der Waals surface area contributed by atoms with Crippen molar-refractivity contribution >= 4 is 0 Å². The SMILES string of the molecule is CC(C)(C)C1CCN(C(CN)c2ccccn2)CC1. The van der Waals surface area contributed by atoms with Crippen LogP contribution in [0.4, 0.5) is 0 Å². The summed E-state index contributed by atoms with van der Waals surface area (Å²) in [6.07, 6.45) is 4.40. The van der Waals surface area contributed by atoms with Crippen molar-refractivity contribution in [2.24, 2.45) is 17.1 Å². The third-order valence-electron chi connectivity index (χ3n) is 4.45. The van der Waals surface area contributed by atoms with Crippen molar-refractivity contribution in [1.82, 2.24) is 9.88 Å². The molecule has 0 amide bonds. The van der Waals surface area contributed by atoms with Gasteiger partial charge in [0.15, 0.2) is 0 Å². The van der Waals surface area contributed by atoms with Gasteiger partial charge in [-0.25, -0.2) is 0 Å². The summed E-state index contributed by atoms with van der Waals surface area (Å²) in [5, 5.41) is 0. The highest BCUT2D eigenvalue weighted by Gasteiger charge is 2.31. The van der Waals surface area contributed by atoms with E-state index in [1.165, 1.54) is 12.8 Å². The quantitative estimate of drug-likeness (QED) is 0.909. The summed E-state index contributed by atoms with van der Waals surface area (Å²) in [4.78, 5) is 6.98. The Labute approximate surface area is 117 Å². The summed E-state index contributed by atoms with van der Waals surface area (Å²) in [6, 6.07) is 6.38. The molecule has 3 nitrogen and oxygen atoms in total. The van der Waals surface area contributed by atoms with E-state index in [9.17, 15) is 0 Å². The lowest BCUT2D eigenvalue weighted by Crippen LogP contribution is -2.42. The molecule has 0 bridgehead atoms. The van der Waals surface area contributed by atoms with Crippen molar-refractivity contribution in [2.75, 3.05) is 19.6 Å². The van der Waals surface area contributed by atoms with Gasteiger partial charge in [-0.2, -0.15) is 0 Å². The minimum atomic E-state index is 0.280. The number of nitrogens with zero attached hydrogens (tertiary/aromatic N) is 2. The van der Waals surface area contributed by atoms with Crippen molar-refractivity contribution < 1.29 is 0 Å². The van der Waals surface area contributed by atoms with Crippen molar-refractivity contribution in [1.29, 1.82) is 0 Å². The Morgan fingerprint density at radius 3 is 2.47 bits per heavy atom. The highest BCUT2D eigenvalue weighted by Crippen LogP contribution is 2.36. The van der Waals surface area contributed by atoms with E-state index in [4.69, 9.17) is 5.73 Å². The summed E-state index contributed by atoms with van der Waals surface area (Å²) in [5.41, 5.74) is 7.51. The average molecular weight is 261 g/mol. The molecule has 2 N–H and O–H groups in total. The zero-order valence-corrected chi connectivity index (χ0v) is 12.5. The smallest absolute Gasteiger partial charge is 0.0644 e. The molecule has 1 aromatic heterocycles. The molecule has 2 heterocycles. The maximum atomic E-state index is 5.97. The van der Waals surface area contributed by atoms with Crippen LogP contribution in [0.2, 0.25) is 0 Å². The molecule has 0 aliphatic carbocycles. The first-order chi connectivity index (χ1) is 9.02. The van der Waals surface area contributed by atoms with Crippen LogP contribution < -0.4 is 5.73 Å². The Hall–Kier alpha value is -0.930. The molecule has 0 radical (unpaired) electrons. The van der Waals surface area contributed by atoms with E-state index in [1.807, 2.05) is 18.3 Å². The molecule has 1 aliphatic rings. The van der Waals surface area contributed by atoms with E-state index in [0.29, 0.717) is 12.0 Å². The summed E-state index contributed by atoms with van der Waals surface area (Å²) in [5.74, 6) is 0.825. The Kier molecular flexibility index (Phi) is 4.58. The van der Waals surface area contributed by atoms with E-state index in [1.54, 1.807) is 0 Å². The largest absolute Gasteiger partial charge is 0.329 e. The maximum absolute atomic E-state index is 5.97. The first kappa shape index (κ1) is 14.5. The van der Waals surface area contributed by atoms with E-state index in [-0.39, 0.29) is 6.04 Å². The second kappa shape index (κ2) is 6.02. The highest BCUT2D eigenvalue weighted by molar-refractivity contribution is 5.09. The summed E-state index contributed by atoms with van der Waals surface area (Å²) < 4.78 is 0. The van der Waals surface area contributed by atoms with Gasteiger partial charge in [-0.15, -0.1) is 0 Å². The second-order valence-corrected chi connectivity index (χ2v) is 6.68. The van der Waals surface area contributed by atoms with Gasteiger partial charge in [0.05, 0.1) is 11.7 Å². The van der Waals surface area contributed by atoms with E-state index < -0.39 is 0 Å². The maximum Gasteiger partial charge on any atom is 0.0644 e. The fourth-order valence-electron chi connectivity index (χ4n) is 3.11. The standard InChI is InChI=1S/C16H27N3/c1-16(2,3)13-7-10-19(11-8-13)15(12-17)14-6-4-5-9-18-14/h4-6,9,13,15H,7-8,10-12,17H2,1-3H3. The zero-order chi connectivity index (χ0) is 13.9. The zero-order valence-electron chi connectivity index (χ0n) is 12.5. The van der Waals surface area contributed by atoms with Crippen LogP contribution in [-0.2, 0) is 0 Å². The monoisotopic (exact) mass is 261 g/mol. The Morgan fingerprint density at radius 1 is 1.32 bits per heavy atom. The van der Waals surface area contributed by atoms with Crippen LogP contribution in [-0.4, -0.2) is 29.5 Å². The van der Waals surface area contributed by atoms with Gasteiger partial charge in [0, 0.05) is 12.7 Å². The lowest BCUT2D eigenvalue weighted by molar-refractivity contribution is 0.0833. The summed E-state index contributed by atoms with van der Waals surface area (Å²) in [6.45, 7) is 9.99. The van der Waals surface area contributed by atoms with Crippen LogP contribution in [0.3, 0.4) is 0 Å². The predicted molar refractivity (Wildman–Crippen MR) is 79.8 cm³/mol. The molecule has 1 saturated heterocycles. The Morgan fingerprint density at radius 2 is 2.00 bits per heavy atom. The van der Waals surface area contributed by atoms with Crippen molar-refractivity contribution in [3.63, 3.8) is 0 Å². The molecule has 1 unspecified atom stereocenters. The van der Waals surface area contributed by atoms with E-state index in [0.717, 1.165) is 24.7 Å². The van der Waals surface area contributed by atoms with Gasteiger partial charge in [0.2, 0.25) is 0 Å². The van der Waals surface area contributed by atoms with Crippen LogP contribution in [0.25, 0.3) is 0 Å². The lowest BCUT2D eigenvalue weighted by Gasteiger charge is -2.41. The van der Waals surface area contributed by atoms with Crippen LogP contribution in [0.15, 0.2) is 24.4 Å². The fraction of sp³-hybridized carbons (Fsp3) is 0.688. The van der Waals surface area contributed by atoms with Gasteiger partial charge in [-0.3, -0.25) is 9.88 Å². The van der Waals surface area contributed by atoms with Crippen LogP contribution in [0.1, 0.15) is 45.3 Å². The topological polar surface area (TPSA) is 42.1 Å². The number of nitrogens with two attached hydrogens (primary N) is 1. The Bertz CT molecular complexity index is 375. The number of aromatic nitrogens is 1. The molecular formula is C16H27N3. The van der Waals surface area contributed by atoms with Gasteiger partial charge in [0.1, 0.15) is 0 Å². The minimum absolute atomic E-state index is 0.280. The first-order valence-electron chi connectivity index (χ1n) is 7.37. The van der Waals surface area contributed by atoms with Gasteiger partial charge in [-0.1, -0.05) is 26.8 Å². The second-order valence-electron chi connectivity index (χ2n) is 6.68. The molecule has 0 spiro atoms. The first-order valence-corrected chi connectivity index (χ1v) is 7.37. The molecule has 0 aromatic carbocycles. The molecule has 2 rings (SSSR count). The van der Waals surface area contributed by atoms with Crippen LogP contribution in [0, 0.1) is 11.3 Å². The van der Waals surface area contributed by atoms with Gasteiger partial charge >= 0.3 is 0 Å². The number of likely N-dealkylation sites (tertiary alicyclic amines) is 1. The van der Waals surface area contributed by atoms with Gasteiger partial charge < -0.3 is 5.73 Å². The molecule has 1 aliphatic heterocycles. The molecule has 1 fully saturated rings. The molecule has 106 valence electrons.